The maximum absolute atomic E-state index is 6.31. The summed E-state index contributed by atoms with van der Waals surface area (Å²) in [6.07, 6.45) is 14.0. The van der Waals surface area contributed by atoms with Crippen LogP contribution in [0.5, 0.6) is 0 Å². The minimum atomic E-state index is 0.391. The highest BCUT2D eigenvalue weighted by molar-refractivity contribution is 4.88. The van der Waals surface area contributed by atoms with Crippen LogP contribution in [0.25, 0.3) is 0 Å². The monoisotopic (exact) mass is 309 g/mol. The lowest BCUT2D eigenvalue weighted by Crippen LogP contribution is -2.31. The molecule has 0 aromatic heterocycles. The lowest BCUT2D eigenvalue weighted by atomic mass is 9.75. The van der Waals surface area contributed by atoms with Crippen LogP contribution >= 0.6 is 0 Å². The summed E-state index contributed by atoms with van der Waals surface area (Å²) in [5, 5.41) is 0. The fourth-order valence-corrected chi connectivity index (χ4v) is 4.59. The van der Waals surface area contributed by atoms with Gasteiger partial charge >= 0.3 is 0 Å². The molecule has 0 radical (unpaired) electrons. The Hall–Kier alpha value is -0.0400. The van der Waals surface area contributed by atoms with Gasteiger partial charge in [0.05, 0.1) is 0 Å². The van der Waals surface area contributed by atoms with Crippen molar-refractivity contribution in [2.45, 2.75) is 105 Å². The maximum Gasteiger partial charge on any atom is 0.00415 e. The highest BCUT2D eigenvalue weighted by Crippen LogP contribution is 2.43. The topological polar surface area (TPSA) is 26.0 Å². The van der Waals surface area contributed by atoms with Crippen molar-refractivity contribution in [1.29, 1.82) is 0 Å². The van der Waals surface area contributed by atoms with Crippen LogP contribution in [0.3, 0.4) is 0 Å². The molecule has 0 bridgehead atoms. The largest absolute Gasteiger partial charge is 0.328 e. The summed E-state index contributed by atoms with van der Waals surface area (Å²) < 4.78 is 0. The Labute approximate surface area is 140 Å². The molecule has 0 aliphatic heterocycles. The Kier molecular flexibility index (Phi) is 9.71. The quantitative estimate of drug-likeness (QED) is 0.418. The van der Waals surface area contributed by atoms with Crippen molar-refractivity contribution in [1.82, 2.24) is 0 Å². The van der Waals surface area contributed by atoms with Crippen LogP contribution < -0.4 is 5.73 Å². The lowest BCUT2D eigenvalue weighted by molar-refractivity contribution is 0.201. The molecule has 1 rings (SSSR count). The Morgan fingerprint density at radius 2 is 1.50 bits per heavy atom. The molecule has 0 spiro atoms. The lowest BCUT2D eigenvalue weighted by Gasteiger charge is -2.32. The van der Waals surface area contributed by atoms with E-state index >= 15 is 0 Å². The first-order valence-corrected chi connectivity index (χ1v) is 10.3. The molecule has 1 saturated carbocycles. The van der Waals surface area contributed by atoms with E-state index in [1.807, 2.05) is 0 Å². The molecule has 0 amide bonds. The van der Waals surface area contributed by atoms with Gasteiger partial charge in [-0.25, -0.2) is 0 Å². The molecule has 1 aliphatic carbocycles. The van der Waals surface area contributed by atoms with E-state index in [4.69, 9.17) is 5.73 Å². The molecule has 132 valence electrons. The first kappa shape index (κ1) is 20.0. The smallest absolute Gasteiger partial charge is 0.00415 e. The molecule has 0 heterocycles. The summed E-state index contributed by atoms with van der Waals surface area (Å²) in [5.74, 6) is 4.53. The van der Waals surface area contributed by atoms with Gasteiger partial charge in [0.15, 0.2) is 0 Å². The number of nitrogens with two attached hydrogens (primary N) is 1. The van der Waals surface area contributed by atoms with Gasteiger partial charge in [0.25, 0.3) is 0 Å². The molecule has 5 unspecified atom stereocenters. The second kappa shape index (κ2) is 10.7. The van der Waals surface area contributed by atoms with Gasteiger partial charge in [-0.15, -0.1) is 0 Å². The van der Waals surface area contributed by atoms with E-state index < -0.39 is 0 Å². The minimum Gasteiger partial charge on any atom is -0.328 e. The second-order valence-corrected chi connectivity index (χ2v) is 8.07. The third kappa shape index (κ3) is 6.60. The van der Waals surface area contributed by atoms with Crippen molar-refractivity contribution in [2.75, 3.05) is 0 Å². The zero-order valence-electron chi connectivity index (χ0n) is 16.1. The fraction of sp³-hybridized carbons (Fsp3) is 1.00. The summed E-state index contributed by atoms with van der Waals surface area (Å²) in [6, 6.07) is 0.391. The van der Waals surface area contributed by atoms with Crippen LogP contribution in [0, 0.1) is 29.6 Å². The molecule has 5 atom stereocenters. The van der Waals surface area contributed by atoms with Gasteiger partial charge in [-0.3, -0.25) is 0 Å². The number of rotatable bonds is 13. The third-order valence-electron chi connectivity index (χ3n) is 6.41. The highest BCUT2D eigenvalue weighted by Gasteiger charge is 2.35. The Balaban J connectivity index is 2.52. The van der Waals surface area contributed by atoms with Gasteiger partial charge in [-0.05, 0) is 62.2 Å². The zero-order valence-corrected chi connectivity index (χ0v) is 16.1. The highest BCUT2D eigenvalue weighted by atomic mass is 14.7. The van der Waals surface area contributed by atoms with Crippen molar-refractivity contribution in [3.63, 3.8) is 0 Å². The van der Waals surface area contributed by atoms with Gasteiger partial charge in [0, 0.05) is 6.04 Å². The average molecular weight is 310 g/mol. The van der Waals surface area contributed by atoms with Crippen molar-refractivity contribution in [3.8, 4) is 0 Å². The minimum absolute atomic E-state index is 0.391. The van der Waals surface area contributed by atoms with Crippen LogP contribution in [-0.2, 0) is 0 Å². The van der Waals surface area contributed by atoms with Crippen molar-refractivity contribution in [3.05, 3.63) is 0 Å². The second-order valence-electron chi connectivity index (χ2n) is 8.07. The average Bonchev–Trinajstić information content (AvgIpc) is 3.33. The van der Waals surface area contributed by atoms with Crippen LogP contribution in [0.1, 0.15) is 98.8 Å². The fourth-order valence-electron chi connectivity index (χ4n) is 4.59. The van der Waals surface area contributed by atoms with Gasteiger partial charge in [-0.1, -0.05) is 66.2 Å². The molecule has 0 aromatic rings. The standard InChI is InChI=1S/C21H43N/c1-6-10-17(7-2)11-12-18(8-3)19(9-4)15-21(16(5)22)20-13-14-20/h16-21H,6-15,22H2,1-5H3. The van der Waals surface area contributed by atoms with Crippen LogP contribution in [0.15, 0.2) is 0 Å². The van der Waals surface area contributed by atoms with E-state index in [0.717, 1.165) is 29.6 Å². The summed E-state index contributed by atoms with van der Waals surface area (Å²) in [4.78, 5) is 0. The predicted molar refractivity (Wildman–Crippen MR) is 100.0 cm³/mol. The Morgan fingerprint density at radius 1 is 0.864 bits per heavy atom. The van der Waals surface area contributed by atoms with Gasteiger partial charge in [-0.2, -0.15) is 0 Å². The maximum atomic E-state index is 6.31. The van der Waals surface area contributed by atoms with Crippen molar-refractivity contribution < 1.29 is 0 Å². The first-order valence-electron chi connectivity index (χ1n) is 10.3. The Morgan fingerprint density at radius 3 is 1.91 bits per heavy atom. The van der Waals surface area contributed by atoms with Crippen LogP contribution in [0.2, 0.25) is 0 Å². The molecule has 2 N–H and O–H groups in total. The van der Waals surface area contributed by atoms with Gasteiger partial charge in [0.1, 0.15) is 0 Å². The molecule has 1 fully saturated rings. The molecule has 22 heavy (non-hydrogen) atoms. The van der Waals surface area contributed by atoms with E-state index in [2.05, 4.69) is 34.6 Å². The first-order chi connectivity index (χ1) is 10.6. The molecular weight excluding hydrogens is 266 g/mol. The van der Waals surface area contributed by atoms with Crippen LogP contribution in [-0.4, -0.2) is 6.04 Å². The molecule has 0 aromatic carbocycles. The predicted octanol–water partition coefficient (Wildman–Crippen LogP) is 6.41. The molecule has 0 saturated heterocycles. The molecule has 1 nitrogen and oxygen atoms in total. The summed E-state index contributed by atoms with van der Waals surface area (Å²) in [5.41, 5.74) is 6.31. The zero-order chi connectivity index (χ0) is 16.5. The van der Waals surface area contributed by atoms with Gasteiger partial charge < -0.3 is 5.73 Å². The number of hydrogen-bond acceptors (Lipinski definition) is 1. The summed E-state index contributed by atoms with van der Waals surface area (Å²) in [7, 11) is 0. The van der Waals surface area contributed by atoms with Crippen molar-refractivity contribution >= 4 is 0 Å². The SMILES string of the molecule is CCCC(CC)CCC(CC)C(CC)CC(C(C)N)C1CC1. The summed E-state index contributed by atoms with van der Waals surface area (Å²) in [6.45, 7) is 11.8. The number of hydrogen-bond donors (Lipinski definition) is 1. The van der Waals surface area contributed by atoms with E-state index in [1.54, 1.807) is 0 Å². The van der Waals surface area contributed by atoms with E-state index in [1.165, 1.54) is 64.2 Å². The van der Waals surface area contributed by atoms with Gasteiger partial charge in [0.2, 0.25) is 0 Å². The Bertz CT molecular complexity index is 267. The molecule has 1 aliphatic rings. The van der Waals surface area contributed by atoms with E-state index in [-0.39, 0.29) is 0 Å². The van der Waals surface area contributed by atoms with Crippen molar-refractivity contribution in [2.24, 2.45) is 35.3 Å². The molecule has 1 heteroatoms. The van der Waals surface area contributed by atoms with Crippen LogP contribution in [0.4, 0.5) is 0 Å². The normalized spacial score (nSPS) is 22.1. The van der Waals surface area contributed by atoms with E-state index in [9.17, 15) is 0 Å². The van der Waals surface area contributed by atoms with E-state index in [0.29, 0.717) is 6.04 Å². The summed E-state index contributed by atoms with van der Waals surface area (Å²) >= 11 is 0. The third-order valence-corrected chi connectivity index (χ3v) is 6.41. The molecular formula is C21H43N.